The Labute approximate surface area is 108 Å². The van der Waals surface area contributed by atoms with E-state index < -0.39 is 0 Å². The highest BCUT2D eigenvalue weighted by Crippen LogP contribution is 2.31. The summed E-state index contributed by atoms with van der Waals surface area (Å²) < 4.78 is 5.64. The van der Waals surface area contributed by atoms with Crippen molar-refractivity contribution in [3.8, 4) is 5.75 Å². The van der Waals surface area contributed by atoms with Crippen molar-refractivity contribution in [1.82, 2.24) is 5.32 Å². The number of nitrogens with one attached hydrogen (secondary N) is 1. The largest absolute Gasteiger partial charge is 0.493 e. The summed E-state index contributed by atoms with van der Waals surface area (Å²) in [5.74, 6) is 0.898. The van der Waals surface area contributed by atoms with Crippen LogP contribution >= 0.6 is 0 Å². The Balaban J connectivity index is 2.07. The lowest BCUT2D eigenvalue weighted by Gasteiger charge is -2.26. The third-order valence-corrected chi connectivity index (χ3v) is 3.33. The molecule has 0 amide bonds. The normalized spacial score (nSPS) is 19.2. The van der Waals surface area contributed by atoms with Gasteiger partial charge in [0, 0.05) is 30.1 Å². The average Bonchev–Trinajstić information content (AvgIpc) is 2.37. The Kier molecular flexibility index (Phi) is 3.90. The van der Waals surface area contributed by atoms with Gasteiger partial charge in [-0.1, -0.05) is 12.1 Å². The van der Waals surface area contributed by atoms with Crippen LogP contribution in [0.2, 0.25) is 0 Å². The molecule has 1 atom stereocenters. The molecule has 2 rings (SSSR count). The first kappa shape index (κ1) is 13.3. The van der Waals surface area contributed by atoms with Crippen LogP contribution in [-0.2, 0) is 6.54 Å². The molecule has 1 aromatic carbocycles. The smallest absolute Gasteiger partial charge is 0.124 e. The minimum Gasteiger partial charge on any atom is -0.493 e. The number of aliphatic hydroxyl groups is 1. The highest BCUT2D eigenvalue weighted by Gasteiger charge is 2.19. The van der Waals surface area contributed by atoms with Crippen molar-refractivity contribution in [3.63, 3.8) is 0 Å². The van der Waals surface area contributed by atoms with Gasteiger partial charge in [-0.25, -0.2) is 0 Å². The zero-order chi connectivity index (χ0) is 13.2. The van der Waals surface area contributed by atoms with Crippen LogP contribution < -0.4 is 15.8 Å². The molecule has 1 aromatic rings. The number of hydrogen-bond donors (Lipinski definition) is 3. The van der Waals surface area contributed by atoms with E-state index in [9.17, 15) is 5.11 Å². The molecule has 1 unspecified atom stereocenters. The second-order valence-electron chi connectivity index (χ2n) is 5.51. The highest BCUT2D eigenvalue weighted by atomic mass is 16.5. The van der Waals surface area contributed by atoms with Crippen LogP contribution in [0, 0.1) is 0 Å². The molecule has 0 radical (unpaired) electrons. The predicted molar refractivity (Wildman–Crippen MR) is 71.5 cm³/mol. The molecular formula is C14H22N2O2. The number of nitrogens with two attached hydrogens (primary N) is 1. The van der Waals surface area contributed by atoms with Crippen molar-refractivity contribution in [2.75, 3.05) is 13.2 Å². The fourth-order valence-corrected chi connectivity index (χ4v) is 1.97. The summed E-state index contributed by atoms with van der Waals surface area (Å²) in [7, 11) is 0. The van der Waals surface area contributed by atoms with Gasteiger partial charge in [0.15, 0.2) is 0 Å². The zero-order valence-electron chi connectivity index (χ0n) is 11.1. The molecule has 4 heteroatoms. The van der Waals surface area contributed by atoms with E-state index in [1.165, 1.54) is 0 Å². The number of rotatable bonds is 4. The molecule has 100 valence electrons. The molecule has 0 spiro atoms. The van der Waals surface area contributed by atoms with Crippen LogP contribution in [0.4, 0.5) is 0 Å². The minimum absolute atomic E-state index is 0.0876. The van der Waals surface area contributed by atoms with E-state index >= 15 is 0 Å². The maximum absolute atomic E-state index is 9.20. The van der Waals surface area contributed by atoms with Gasteiger partial charge in [0.1, 0.15) is 5.75 Å². The van der Waals surface area contributed by atoms with Gasteiger partial charge in [-0.15, -0.1) is 0 Å². The quantitative estimate of drug-likeness (QED) is 0.754. The number of aliphatic hydroxyl groups excluding tert-OH is 1. The summed E-state index contributed by atoms with van der Waals surface area (Å²) in [6.45, 7) is 5.45. The van der Waals surface area contributed by atoms with Crippen molar-refractivity contribution in [2.24, 2.45) is 5.73 Å². The average molecular weight is 250 g/mol. The molecular weight excluding hydrogens is 228 g/mol. The van der Waals surface area contributed by atoms with Crippen molar-refractivity contribution >= 4 is 0 Å². The van der Waals surface area contributed by atoms with Gasteiger partial charge in [-0.2, -0.15) is 0 Å². The van der Waals surface area contributed by atoms with Crippen molar-refractivity contribution in [1.29, 1.82) is 0 Å². The molecule has 1 aliphatic rings. The van der Waals surface area contributed by atoms with Crippen molar-refractivity contribution < 1.29 is 9.84 Å². The Morgan fingerprint density at radius 2 is 2.28 bits per heavy atom. The monoisotopic (exact) mass is 250 g/mol. The molecule has 0 fully saturated rings. The van der Waals surface area contributed by atoms with Gasteiger partial charge in [-0.3, -0.25) is 0 Å². The summed E-state index contributed by atoms with van der Waals surface area (Å²) >= 11 is 0. The summed E-state index contributed by atoms with van der Waals surface area (Å²) in [6, 6.07) is 6.23. The lowest BCUT2D eigenvalue weighted by atomic mass is 9.99. The van der Waals surface area contributed by atoms with E-state index in [2.05, 4.69) is 11.4 Å². The fraction of sp³-hybridized carbons (Fsp3) is 0.571. The summed E-state index contributed by atoms with van der Waals surface area (Å²) in [4.78, 5) is 0. The molecule has 1 heterocycles. The first-order valence-corrected chi connectivity index (χ1v) is 6.39. The van der Waals surface area contributed by atoms with Gasteiger partial charge < -0.3 is 20.9 Å². The number of fused-ring (bicyclic) bond motifs is 1. The van der Waals surface area contributed by atoms with E-state index in [4.69, 9.17) is 10.5 Å². The van der Waals surface area contributed by atoms with E-state index in [-0.39, 0.29) is 18.2 Å². The number of ether oxygens (including phenoxy) is 1. The minimum atomic E-state index is -0.271. The second-order valence-corrected chi connectivity index (χ2v) is 5.51. The van der Waals surface area contributed by atoms with Gasteiger partial charge in [0.2, 0.25) is 0 Å². The van der Waals surface area contributed by atoms with Crippen LogP contribution in [-0.4, -0.2) is 23.9 Å². The van der Waals surface area contributed by atoms with Crippen LogP contribution in [0.3, 0.4) is 0 Å². The Morgan fingerprint density at radius 3 is 3.00 bits per heavy atom. The third-order valence-electron chi connectivity index (χ3n) is 3.33. The zero-order valence-corrected chi connectivity index (χ0v) is 11.1. The maximum Gasteiger partial charge on any atom is 0.124 e. The van der Waals surface area contributed by atoms with Gasteiger partial charge in [-0.05, 0) is 25.5 Å². The van der Waals surface area contributed by atoms with Crippen molar-refractivity contribution in [2.45, 2.75) is 38.4 Å². The molecule has 0 saturated heterocycles. The Bertz CT molecular complexity index is 418. The fourth-order valence-electron chi connectivity index (χ4n) is 1.97. The number of hydrogen-bond acceptors (Lipinski definition) is 4. The van der Waals surface area contributed by atoms with Crippen LogP contribution in [0.25, 0.3) is 0 Å². The maximum atomic E-state index is 9.20. The van der Waals surface area contributed by atoms with Crippen LogP contribution in [0.1, 0.15) is 37.4 Å². The third kappa shape index (κ3) is 3.02. The Morgan fingerprint density at radius 1 is 1.50 bits per heavy atom. The van der Waals surface area contributed by atoms with Gasteiger partial charge >= 0.3 is 0 Å². The Hall–Kier alpha value is -1.10. The SMILES string of the molecule is CC(C)(CO)NCc1ccc2c(c1)OCCC2N. The lowest BCUT2D eigenvalue weighted by Crippen LogP contribution is -2.42. The molecule has 0 aliphatic carbocycles. The lowest BCUT2D eigenvalue weighted by molar-refractivity contribution is 0.187. The molecule has 4 nitrogen and oxygen atoms in total. The first-order valence-electron chi connectivity index (χ1n) is 6.39. The van der Waals surface area contributed by atoms with Gasteiger partial charge in [0.05, 0.1) is 13.2 Å². The van der Waals surface area contributed by atoms with E-state index in [0.717, 1.165) is 23.3 Å². The number of benzene rings is 1. The molecule has 1 aliphatic heterocycles. The predicted octanol–water partition coefficient (Wildman–Crippen LogP) is 1.33. The summed E-state index contributed by atoms with van der Waals surface area (Å²) in [5.41, 5.74) is 7.99. The van der Waals surface area contributed by atoms with E-state index in [1.807, 2.05) is 26.0 Å². The van der Waals surface area contributed by atoms with Crippen LogP contribution in [0.15, 0.2) is 18.2 Å². The summed E-state index contributed by atoms with van der Waals surface area (Å²) in [6.07, 6.45) is 0.877. The molecule has 4 N–H and O–H groups in total. The van der Waals surface area contributed by atoms with E-state index in [0.29, 0.717) is 13.2 Å². The standard InChI is InChI=1S/C14H22N2O2/c1-14(2,9-17)16-8-10-3-4-11-12(15)5-6-18-13(11)7-10/h3-4,7,12,16-17H,5-6,8-9,15H2,1-2H3. The molecule has 0 saturated carbocycles. The second kappa shape index (κ2) is 5.26. The first-order chi connectivity index (χ1) is 8.52. The molecule has 18 heavy (non-hydrogen) atoms. The highest BCUT2D eigenvalue weighted by molar-refractivity contribution is 5.40. The van der Waals surface area contributed by atoms with Crippen LogP contribution in [0.5, 0.6) is 5.75 Å². The van der Waals surface area contributed by atoms with Gasteiger partial charge in [0.25, 0.3) is 0 Å². The molecule has 0 aromatic heterocycles. The summed E-state index contributed by atoms with van der Waals surface area (Å²) in [5, 5.41) is 12.5. The molecule has 0 bridgehead atoms. The van der Waals surface area contributed by atoms with E-state index in [1.54, 1.807) is 0 Å². The topological polar surface area (TPSA) is 67.5 Å². The van der Waals surface area contributed by atoms with Crippen molar-refractivity contribution in [3.05, 3.63) is 29.3 Å².